The molecule has 1 amide bonds. The number of aryl methyl sites for hydroxylation is 2. The molecule has 26 heavy (non-hydrogen) atoms. The van der Waals surface area contributed by atoms with Crippen molar-refractivity contribution in [2.75, 3.05) is 16.8 Å². The van der Waals surface area contributed by atoms with Crippen molar-refractivity contribution in [3.05, 3.63) is 47.7 Å². The molecule has 0 saturated heterocycles. The van der Waals surface area contributed by atoms with Gasteiger partial charge >= 0.3 is 0 Å². The molecule has 2 aromatic rings. The first-order valence-corrected chi connectivity index (χ1v) is 11.3. The highest BCUT2D eigenvalue weighted by atomic mass is 32.2. The van der Waals surface area contributed by atoms with Gasteiger partial charge in [0, 0.05) is 6.42 Å². The molecule has 0 saturated carbocycles. The molecule has 138 valence electrons. The van der Waals surface area contributed by atoms with Crippen LogP contribution in [0.25, 0.3) is 0 Å². The van der Waals surface area contributed by atoms with Crippen molar-refractivity contribution in [3.8, 4) is 0 Å². The predicted molar refractivity (Wildman–Crippen MR) is 104 cm³/mol. The van der Waals surface area contributed by atoms with Gasteiger partial charge in [0.15, 0.2) is 9.84 Å². The number of pyridine rings is 1. The zero-order chi connectivity index (χ0) is 18.6. The van der Waals surface area contributed by atoms with Gasteiger partial charge in [-0.1, -0.05) is 13.0 Å². The Morgan fingerprint density at radius 1 is 1.19 bits per heavy atom. The van der Waals surface area contributed by atoms with E-state index in [-0.39, 0.29) is 18.1 Å². The summed E-state index contributed by atoms with van der Waals surface area (Å²) in [7, 11) is -3.46. The maximum atomic E-state index is 12.5. The molecule has 1 aliphatic carbocycles. The summed E-state index contributed by atoms with van der Waals surface area (Å²) in [6, 6.07) is 8.94. The number of sulfone groups is 1. The third kappa shape index (κ3) is 4.65. The average molecular weight is 391 g/mol. The zero-order valence-corrected chi connectivity index (χ0v) is 16.3. The summed E-state index contributed by atoms with van der Waals surface area (Å²) < 4.78 is 25.0. The van der Waals surface area contributed by atoms with E-state index in [1.54, 1.807) is 36.2 Å². The molecule has 5 nitrogen and oxygen atoms in total. The van der Waals surface area contributed by atoms with E-state index in [1.807, 2.05) is 19.1 Å². The zero-order valence-electron chi connectivity index (χ0n) is 14.7. The molecule has 1 heterocycles. The summed E-state index contributed by atoms with van der Waals surface area (Å²) in [4.78, 5) is 16.6. The van der Waals surface area contributed by atoms with Gasteiger partial charge in [-0.3, -0.25) is 4.79 Å². The fourth-order valence-corrected chi connectivity index (χ4v) is 4.87. The highest BCUT2D eigenvalue weighted by molar-refractivity contribution is 7.99. The Kier molecular flexibility index (Phi) is 5.98. The fraction of sp³-hybridized carbons (Fsp3) is 0.368. The number of carbonyl (C=O) groups is 1. The van der Waals surface area contributed by atoms with Crippen LogP contribution in [0.2, 0.25) is 0 Å². The van der Waals surface area contributed by atoms with Crippen LogP contribution < -0.4 is 5.32 Å². The number of aromatic nitrogens is 1. The first-order valence-electron chi connectivity index (χ1n) is 8.71. The molecular weight excluding hydrogens is 368 g/mol. The van der Waals surface area contributed by atoms with E-state index in [1.165, 1.54) is 5.56 Å². The fourth-order valence-electron chi connectivity index (χ4n) is 3.00. The summed E-state index contributed by atoms with van der Waals surface area (Å²) >= 11 is 1.62. The Bertz CT molecular complexity index is 894. The Morgan fingerprint density at radius 2 is 2.00 bits per heavy atom. The number of hydrogen-bond donors (Lipinski definition) is 1. The Hall–Kier alpha value is -1.86. The molecule has 3 rings (SSSR count). The number of hydrogen-bond acceptors (Lipinski definition) is 5. The van der Waals surface area contributed by atoms with Crippen LogP contribution in [-0.4, -0.2) is 30.8 Å². The maximum absolute atomic E-state index is 12.5. The van der Waals surface area contributed by atoms with Crippen molar-refractivity contribution in [2.24, 2.45) is 0 Å². The minimum atomic E-state index is -3.46. The molecule has 1 aromatic carbocycles. The SMILES string of the molecule is CCSc1ccc(NC(=O)CCS(=O)(=O)c2ccc3c(c2)CCC3)cn1. The van der Waals surface area contributed by atoms with Gasteiger partial charge in [-0.25, -0.2) is 13.4 Å². The molecule has 0 unspecified atom stereocenters. The molecule has 0 bridgehead atoms. The highest BCUT2D eigenvalue weighted by Crippen LogP contribution is 2.25. The lowest BCUT2D eigenvalue weighted by Crippen LogP contribution is -2.17. The van der Waals surface area contributed by atoms with Crippen LogP contribution in [0, 0.1) is 0 Å². The topological polar surface area (TPSA) is 76.1 Å². The predicted octanol–water partition coefficient (Wildman–Crippen LogP) is 3.48. The number of benzene rings is 1. The van der Waals surface area contributed by atoms with E-state index in [9.17, 15) is 13.2 Å². The molecule has 0 radical (unpaired) electrons. The van der Waals surface area contributed by atoms with Gasteiger partial charge in [-0.15, -0.1) is 11.8 Å². The van der Waals surface area contributed by atoms with E-state index in [2.05, 4.69) is 10.3 Å². The van der Waals surface area contributed by atoms with Crippen LogP contribution in [0.5, 0.6) is 0 Å². The van der Waals surface area contributed by atoms with E-state index in [0.29, 0.717) is 10.6 Å². The van der Waals surface area contributed by atoms with Crippen LogP contribution >= 0.6 is 11.8 Å². The van der Waals surface area contributed by atoms with Gasteiger partial charge in [0.2, 0.25) is 5.91 Å². The largest absolute Gasteiger partial charge is 0.325 e. The number of thioether (sulfide) groups is 1. The summed E-state index contributed by atoms with van der Waals surface area (Å²) in [6.07, 6.45) is 4.53. The number of amides is 1. The lowest BCUT2D eigenvalue weighted by atomic mass is 10.1. The lowest BCUT2D eigenvalue weighted by molar-refractivity contribution is -0.115. The second kappa shape index (κ2) is 8.22. The van der Waals surface area contributed by atoms with Crippen LogP contribution in [-0.2, 0) is 27.5 Å². The summed E-state index contributed by atoms with van der Waals surface area (Å²) in [5, 5.41) is 3.60. The molecule has 7 heteroatoms. The number of nitrogens with one attached hydrogen (secondary N) is 1. The van der Waals surface area contributed by atoms with Gasteiger partial charge in [0.1, 0.15) is 0 Å². The monoisotopic (exact) mass is 390 g/mol. The van der Waals surface area contributed by atoms with Crippen molar-refractivity contribution in [2.45, 2.75) is 42.5 Å². The summed E-state index contributed by atoms with van der Waals surface area (Å²) in [5.74, 6) is 0.404. The van der Waals surface area contributed by atoms with E-state index >= 15 is 0 Å². The molecular formula is C19H22N2O3S2. The quantitative estimate of drug-likeness (QED) is 0.733. The Balaban J connectivity index is 1.58. The van der Waals surface area contributed by atoms with Crippen LogP contribution in [0.4, 0.5) is 5.69 Å². The van der Waals surface area contributed by atoms with Gasteiger partial charge in [0.25, 0.3) is 0 Å². The van der Waals surface area contributed by atoms with Crippen molar-refractivity contribution < 1.29 is 13.2 Å². The standard InChI is InChI=1S/C19H22N2O3S2/c1-2-25-19-9-7-16(13-20-19)21-18(22)10-11-26(23,24)17-8-6-14-4-3-5-15(14)12-17/h6-9,12-13H,2-5,10-11H2,1H3,(H,21,22). The molecule has 0 atom stereocenters. The highest BCUT2D eigenvalue weighted by Gasteiger charge is 2.20. The normalized spacial score (nSPS) is 13.4. The smallest absolute Gasteiger partial charge is 0.225 e. The second-order valence-electron chi connectivity index (χ2n) is 6.22. The number of nitrogens with zero attached hydrogens (tertiary/aromatic N) is 1. The molecule has 0 spiro atoms. The Morgan fingerprint density at radius 3 is 2.73 bits per heavy atom. The minimum absolute atomic E-state index is 0.0785. The first-order chi connectivity index (χ1) is 12.5. The van der Waals surface area contributed by atoms with Crippen molar-refractivity contribution in [1.29, 1.82) is 0 Å². The molecule has 1 aliphatic rings. The van der Waals surface area contributed by atoms with Crippen LogP contribution in [0.3, 0.4) is 0 Å². The average Bonchev–Trinajstić information content (AvgIpc) is 3.10. The van der Waals surface area contributed by atoms with Gasteiger partial charge in [-0.05, 0) is 60.4 Å². The summed E-state index contributed by atoms with van der Waals surface area (Å²) in [5.41, 5.74) is 2.93. The number of carbonyl (C=O) groups excluding carboxylic acids is 1. The molecule has 0 aliphatic heterocycles. The van der Waals surface area contributed by atoms with E-state index < -0.39 is 9.84 Å². The van der Waals surface area contributed by atoms with Crippen molar-refractivity contribution in [1.82, 2.24) is 4.98 Å². The van der Waals surface area contributed by atoms with Crippen molar-refractivity contribution >= 4 is 33.2 Å². The minimum Gasteiger partial charge on any atom is -0.325 e. The van der Waals surface area contributed by atoms with Crippen molar-refractivity contribution in [3.63, 3.8) is 0 Å². The van der Waals surface area contributed by atoms with Gasteiger partial charge < -0.3 is 5.32 Å². The number of anilines is 1. The maximum Gasteiger partial charge on any atom is 0.225 e. The summed E-state index contributed by atoms with van der Waals surface area (Å²) in [6.45, 7) is 2.05. The van der Waals surface area contributed by atoms with Crippen LogP contribution in [0.15, 0.2) is 46.5 Å². The van der Waals surface area contributed by atoms with Gasteiger partial charge in [0.05, 0.1) is 27.6 Å². The third-order valence-corrected chi connectivity index (χ3v) is 6.88. The van der Waals surface area contributed by atoms with E-state index in [4.69, 9.17) is 0 Å². The van der Waals surface area contributed by atoms with Gasteiger partial charge in [-0.2, -0.15) is 0 Å². The molecule has 1 N–H and O–H groups in total. The second-order valence-corrected chi connectivity index (χ2v) is 9.61. The lowest BCUT2D eigenvalue weighted by Gasteiger charge is -2.08. The molecule has 0 fully saturated rings. The number of rotatable bonds is 7. The van der Waals surface area contributed by atoms with E-state index in [0.717, 1.165) is 35.6 Å². The third-order valence-electron chi connectivity index (χ3n) is 4.34. The first kappa shape index (κ1) is 18.9. The van der Waals surface area contributed by atoms with Crippen LogP contribution in [0.1, 0.15) is 30.9 Å². The Labute approximate surface area is 158 Å². The molecule has 1 aromatic heterocycles. The number of fused-ring (bicyclic) bond motifs is 1.